The van der Waals surface area contributed by atoms with Gasteiger partial charge in [-0.05, 0) is 74.8 Å². The number of hydrogen-bond donors (Lipinski definition) is 1. The molecule has 4 aliphatic rings. The SMILES string of the molecule is CC1CCC2(CC1)OCC(C(=O)NC1CC3CCC1C3)N2C(=O)c1ccccc1F. The molecule has 4 atom stereocenters. The molecule has 3 saturated carbocycles. The van der Waals surface area contributed by atoms with Crippen LogP contribution in [0.5, 0.6) is 0 Å². The van der Waals surface area contributed by atoms with Gasteiger partial charge in [0, 0.05) is 6.04 Å². The molecule has 0 radical (unpaired) electrons. The van der Waals surface area contributed by atoms with Crippen molar-refractivity contribution in [2.75, 3.05) is 6.61 Å². The third-order valence-electron chi connectivity index (χ3n) is 8.01. The van der Waals surface area contributed by atoms with Gasteiger partial charge in [0.25, 0.3) is 5.91 Å². The maximum absolute atomic E-state index is 14.5. The van der Waals surface area contributed by atoms with Crippen LogP contribution in [0.15, 0.2) is 24.3 Å². The standard InChI is InChI=1S/C24H31FN2O3/c1-15-8-10-24(11-9-15)27(23(29)18-4-2-3-5-19(18)25)21(14-30-24)22(28)26-20-13-16-6-7-17(20)12-16/h2-5,15-17,20-21H,6-14H2,1H3,(H,26,28). The second-order valence-corrected chi connectivity index (χ2v) is 9.90. The summed E-state index contributed by atoms with van der Waals surface area (Å²) in [6.45, 7) is 2.38. The molecule has 1 saturated heterocycles. The van der Waals surface area contributed by atoms with E-state index in [1.54, 1.807) is 17.0 Å². The Morgan fingerprint density at radius 2 is 1.90 bits per heavy atom. The van der Waals surface area contributed by atoms with Crippen molar-refractivity contribution >= 4 is 11.8 Å². The predicted octanol–water partition coefficient (Wildman–Crippen LogP) is 3.88. The molecular weight excluding hydrogens is 383 g/mol. The zero-order chi connectivity index (χ0) is 20.9. The minimum atomic E-state index is -0.803. The molecule has 1 aliphatic heterocycles. The van der Waals surface area contributed by atoms with Gasteiger partial charge in [0.1, 0.15) is 17.6 Å². The Bertz CT molecular complexity index is 835. The third kappa shape index (κ3) is 3.33. The van der Waals surface area contributed by atoms with E-state index in [1.165, 1.54) is 31.4 Å². The lowest BCUT2D eigenvalue weighted by Crippen LogP contribution is -2.58. The lowest BCUT2D eigenvalue weighted by Gasteiger charge is -2.43. The van der Waals surface area contributed by atoms with Crippen molar-refractivity contribution in [1.29, 1.82) is 0 Å². The molecule has 1 aromatic carbocycles. The largest absolute Gasteiger partial charge is 0.353 e. The minimum Gasteiger partial charge on any atom is -0.353 e. The number of carbonyl (C=O) groups is 2. The van der Waals surface area contributed by atoms with E-state index in [0.29, 0.717) is 24.7 Å². The Morgan fingerprint density at radius 3 is 2.57 bits per heavy atom. The van der Waals surface area contributed by atoms with Gasteiger partial charge in [-0.1, -0.05) is 25.5 Å². The Hall–Kier alpha value is -1.95. The van der Waals surface area contributed by atoms with Crippen molar-refractivity contribution in [2.24, 2.45) is 17.8 Å². The Balaban J connectivity index is 1.41. The highest BCUT2D eigenvalue weighted by molar-refractivity contribution is 5.98. The van der Waals surface area contributed by atoms with Gasteiger partial charge in [-0.2, -0.15) is 0 Å². The van der Waals surface area contributed by atoms with Crippen molar-refractivity contribution in [3.63, 3.8) is 0 Å². The van der Waals surface area contributed by atoms with Gasteiger partial charge in [-0.15, -0.1) is 0 Å². The second-order valence-electron chi connectivity index (χ2n) is 9.90. The molecule has 1 heterocycles. The topological polar surface area (TPSA) is 58.6 Å². The van der Waals surface area contributed by atoms with Crippen LogP contribution < -0.4 is 5.32 Å². The monoisotopic (exact) mass is 414 g/mol. The first-order valence-electron chi connectivity index (χ1n) is 11.5. The lowest BCUT2D eigenvalue weighted by molar-refractivity contribution is -0.128. The van der Waals surface area contributed by atoms with Gasteiger partial charge in [-0.25, -0.2) is 4.39 Å². The minimum absolute atomic E-state index is 0.0127. The number of halogens is 1. The summed E-state index contributed by atoms with van der Waals surface area (Å²) in [6.07, 6.45) is 7.92. The van der Waals surface area contributed by atoms with Crippen molar-refractivity contribution in [2.45, 2.75) is 76.1 Å². The highest BCUT2D eigenvalue weighted by atomic mass is 19.1. The molecule has 5 nitrogen and oxygen atoms in total. The highest BCUT2D eigenvalue weighted by Gasteiger charge is 2.54. The maximum atomic E-state index is 14.5. The third-order valence-corrected chi connectivity index (χ3v) is 8.01. The molecule has 162 valence electrons. The van der Waals surface area contributed by atoms with E-state index >= 15 is 0 Å². The van der Waals surface area contributed by atoms with Crippen LogP contribution in [0, 0.1) is 23.6 Å². The Labute approximate surface area is 177 Å². The lowest BCUT2D eigenvalue weighted by atomic mass is 9.83. The number of benzene rings is 1. The van der Waals surface area contributed by atoms with Crippen molar-refractivity contribution < 1.29 is 18.7 Å². The quantitative estimate of drug-likeness (QED) is 0.817. The van der Waals surface area contributed by atoms with E-state index in [9.17, 15) is 14.0 Å². The number of nitrogens with zero attached hydrogens (tertiary/aromatic N) is 1. The van der Waals surface area contributed by atoms with E-state index in [4.69, 9.17) is 4.74 Å². The molecule has 1 N–H and O–H groups in total. The fourth-order valence-electron chi connectivity index (χ4n) is 6.24. The fraction of sp³-hybridized carbons (Fsp3) is 0.667. The highest BCUT2D eigenvalue weighted by Crippen LogP contribution is 2.46. The molecule has 1 spiro atoms. The maximum Gasteiger partial charge on any atom is 0.259 e. The van der Waals surface area contributed by atoms with Crippen LogP contribution in [0.2, 0.25) is 0 Å². The molecular formula is C24H31FN2O3. The molecule has 4 fully saturated rings. The molecule has 0 aromatic heterocycles. The predicted molar refractivity (Wildman–Crippen MR) is 110 cm³/mol. The number of fused-ring (bicyclic) bond motifs is 2. The molecule has 5 rings (SSSR count). The number of hydrogen-bond acceptors (Lipinski definition) is 3. The van der Waals surface area contributed by atoms with Crippen molar-refractivity contribution in [3.05, 3.63) is 35.6 Å². The van der Waals surface area contributed by atoms with E-state index < -0.39 is 23.5 Å². The first-order chi connectivity index (χ1) is 14.5. The first kappa shape index (κ1) is 20.0. The van der Waals surface area contributed by atoms with Gasteiger partial charge in [0.05, 0.1) is 12.2 Å². The first-order valence-corrected chi connectivity index (χ1v) is 11.5. The van der Waals surface area contributed by atoms with Gasteiger partial charge < -0.3 is 10.1 Å². The smallest absolute Gasteiger partial charge is 0.259 e. The summed E-state index contributed by atoms with van der Waals surface area (Å²) in [7, 11) is 0. The molecule has 3 aliphatic carbocycles. The molecule has 6 heteroatoms. The van der Waals surface area contributed by atoms with E-state index in [2.05, 4.69) is 12.2 Å². The number of nitrogens with one attached hydrogen (secondary N) is 1. The van der Waals surface area contributed by atoms with Crippen LogP contribution in [0.4, 0.5) is 4.39 Å². The van der Waals surface area contributed by atoms with Crippen LogP contribution in [0.3, 0.4) is 0 Å². The molecule has 4 unspecified atom stereocenters. The summed E-state index contributed by atoms with van der Waals surface area (Å²) >= 11 is 0. The molecule has 2 amide bonds. The number of rotatable bonds is 3. The van der Waals surface area contributed by atoms with E-state index in [1.807, 2.05) is 0 Å². The van der Waals surface area contributed by atoms with Gasteiger partial charge in [-0.3, -0.25) is 14.5 Å². The Kier molecular flexibility index (Phi) is 5.08. The fourth-order valence-corrected chi connectivity index (χ4v) is 6.24. The van der Waals surface area contributed by atoms with Crippen LogP contribution in [0.25, 0.3) is 0 Å². The van der Waals surface area contributed by atoms with Crippen molar-refractivity contribution in [1.82, 2.24) is 10.2 Å². The summed E-state index contributed by atoms with van der Waals surface area (Å²) in [5.41, 5.74) is -0.790. The van der Waals surface area contributed by atoms with Crippen LogP contribution in [-0.2, 0) is 9.53 Å². The summed E-state index contributed by atoms with van der Waals surface area (Å²) in [6, 6.07) is 5.52. The number of amides is 2. The second kappa shape index (κ2) is 7.63. The average molecular weight is 415 g/mol. The summed E-state index contributed by atoms with van der Waals surface area (Å²) in [5, 5.41) is 3.23. The average Bonchev–Trinajstić information content (AvgIpc) is 3.45. The van der Waals surface area contributed by atoms with E-state index in [0.717, 1.165) is 25.2 Å². The zero-order valence-corrected chi connectivity index (χ0v) is 17.6. The summed E-state index contributed by atoms with van der Waals surface area (Å²) in [5.74, 6) is 0.706. The van der Waals surface area contributed by atoms with Gasteiger partial charge in [0.15, 0.2) is 0 Å². The molecule has 2 bridgehead atoms. The molecule has 1 aromatic rings. The summed E-state index contributed by atoms with van der Waals surface area (Å²) in [4.78, 5) is 28.4. The Morgan fingerprint density at radius 1 is 1.13 bits per heavy atom. The number of carbonyl (C=O) groups excluding carboxylic acids is 2. The van der Waals surface area contributed by atoms with Gasteiger partial charge in [0.2, 0.25) is 5.91 Å². The van der Waals surface area contributed by atoms with Crippen LogP contribution in [-0.4, -0.2) is 41.1 Å². The molecule has 30 heavy (non-hydrogen) atoms. The van der Waals surface area contributed by atoms with Crippen LogP contribution in [0.1, 0.15) is 68.6 Å². The zero-order valence-electron chi connectivity index (χ0n) is 17.6. The van der Waals surface area contributed by atoms with E-state index in [-0.39, 0.29) is 24.1 Å². The van der Waals surface area contributed by atoms with Crippen LogP contribution >= 0.6 is 0 Å². The normalized spacial score (nSPS) is 37.7. The van der Waals surface area contributed by atoms with Gasteiger partial charge >= 0.3 is 0 Å². The van der Waals surface area contributed by atoms with Crippen molar-refractivity contribution in [3.8, 4) is 0 Å². The number of ether oxygens (including phenoxy) is 1. The summed E-state index contributed by atoms with van der Waals surface area (Å²) < 4.78 is 20.7.